The average molecular weight is 198 g/mol. The zero-order valence-electron chi connectivity index (χ0n) is 10.3. The molecule has 84 valence electrons. The Hall–Kier alpha value is -0.340. The van der Waals surface area contributed by atoms with Crippen LogP contribution in [-0.2, 0) is 0 Å². The lowest BCUT2D eigenvalue weighted by molar-refractivity contribution is 0.328. The molecule has 0 atom stereocenters. The highest BCUT2D eigenvalue weighted by atomic mass is 15.1. The van der Waals surface area contributed by atoms with Crippen LogP contribution in [0, 0.1) is 0 Å². The Kier molecular flexibility index (Phi) is 9.00. The van der Waals surface area contributed by atoms with E-state index in [1.165, 1.54) is 0 Å². The average Bonchev–Trinajstić information content (AvgIpc) is 2.24. The van der Waals surface area contributed by atoms with Crippen molar-refractivity contribution < 1.29 is 0 Å². The van der Waals surface area contributed by atoms with Gasteiger partial charge in [-0.1, -0.05) is 39.8 Å². The molecule has 0 aromatic carbocycles. The molecular weight excluding hydrogens is 172 g/mol. The summed E-state index contributed by atoms with van der Waals surface area (Å²) in [5, 5.41) is 0. The Bertz CT molecular complexity index is 119. The van der Waals surface area contributed by atoms with E-state index >= 15 is 0 Å². The monoisotopic (exact) mass is 198 g/mol. The first kappa shape index (κ1) is 13.7. The molecule has 0 amide bonds. The van der Waals surface area contributed by atoms with Crippen molar-refractivity contribution in [2.75, 3.05) is 39.3 Å². The van der Waals surface area contributed by atoms with E-state index in [1.807, 2.05) is 0 Å². The number of hydrogen-bond acceptors (Lipinski definition) is 2. The third kappa shape index (κ3) is 6.17. The van der Waals surface area contributed by atoms with E-state index < -0.39 is 0 Å². The maximum Gasteiger partial charge on any atom is 0.0163 e. The highest BCUT2D eigenvalue weighted by molar-refractivity contribution is 4.87. The van der Waals surface area contributed by atoms with Crippen molar-refractivity contribution in [1.29, 1.82) is 0 Å². The molecule has 0 unspecified atom stereocenters. The molecule has 0 fully saturated rings. The third-order valence-electron chi connectivity index (χ3n) is 2.68. The summed E-state index contributed by atoms with van der Waals surface area (Å²) in [6.07, 6.45) is 4.57. The quantitative estimate of drug-likeness (QED) is 0.552. The van der Waals surface area contributed by atoms with Crippen molar-refractivity contribution in [2.24, 2.45) is 0 Å². The van der Waals surface area contributed by atoms with Crippen LogP contribution >= 0.6 is 0 Å². The van der Waals surface area contributed by atoms with Gasteiger partial charge in [-0.05, 0) is 26.2 Å². The van der Waals surface area contributed by atoms with Crippen molar-refractivity contribution in [2.45, 2.75) is 27.7 Å². The van der Waals surface area contributed by atoms with Crippen molar-refractivity contribution in [3.63, 3.8) is 0 Å². The van der Waals surface area contributed by atoms with Crippen LogP contribution < -0.4 is 0 Å². The van der Waals surface area contributed by atoms with Crippen molar-refractivity contribution in [3.05, 3.63) is 12.2 Å². The van der Waals surface area contributed by atoms with E-state index in [9.17, 15) is 0 Å². The molecule has 0 spiro atoms. The van der Waals surface area contributed by atoms with Crippen LogP contribution in [0.4, 0.5) is 0 Å². The smallest absolute Gasteiger partial charge is 0.0163 e. The van der Waals surface area contributed by atoms with Crippen LogP contribution in [0.5, 0.6) is 0 Å². The lowest BCUT2D eigenvalue weighted by Gasteiger charge is -2.17. The molecule has 0 aromatic heterocycles. The Morgan fingerprint density at radius 1 is 0.643 bits per heavy atom. The molecule has 2 heteroatoms. The summed E-state index contributed by atoms with van der Waals surface area (Å²) in [5.41, 5.74) is 0. The zero-order chi connectivity index (χ0) is 10.8. The summed E-state index contributed by atoms with van der Waals surface area (Å²) in [5.74, 6) is 0. The van der Waals surface area contributed by atoms with Gasteiger partial charge in [-0.25, -0.2) is 0 Å². The van der Waals surface area contributed by atoms with Crippen LogP contribution in [0.3, 0.4) is 0 Å². The van der Waals surface area contributed by atoms with Crippen molar-refractivity contribution >= 4 is 0 Å². The van der Waals surface area contributed by atoms with E-state index in [2.05, 4.69) is 49.6 Å². The predicted octanol–water partition coefficient (Wildman–Crippen LogP) is 2.23. The largest absolute Gasteiger partial charge is 0.300 e. The first-order valence-electron chi connectivity index (χ1n) is 5.88. The SMILES string of the molecule is CCN(CC)C/C=C/CN(CC)CC. The molecule has 0 N–H and O–H groups in total. The topological polar surface area (TPSA) is 6.48 Å². The van der Waals surface area contributed by atoms with E-state index in [1.54, 1.807) is 0 Å². The van der Waals surface area contributed by atoms with Crippen LogP contribution in [0.15, 0.2) is 12.2 Å². The number of rotatable bonds is 8. The minimum absolute atomic E-state index is 1.09. The molecule has 0 aliphatic rings. The lowest BCUT2D eigenvalue weighted by atomic mass is 10.4. The molecule has 0 aliphatic heterocycles. The van der Waals surface area contributed by atoms with Gasteiger partial charge in [0.15, 0.2) is 0 Å². The van der Waals surface area contributed by atoms with Crippen LogP contribution in [0.1, 0.15) is 27.7 Å². The van der Waals surface area contributed by atoms with Gasteiger partial charge in [0.1, 0.15) is 0 Å². The third-order valence-corrected chi connectivity index (χ3v) is 2.68. The van der Waals surface area contributed by atoms with E-state index in [0.29, 0.717) is 0 Å². The second kappa shape index (κ2) is 9.22. The van der Waals surface area contributed by atoms with Gasteiger partial charge in [-0.2, -0.15) is 0 Å². The van der Waals surface area contributed by atoms with Gasteiger partial charge >= 0.3 is 0 Å². The second-order valence-electron chi connectivity index (χ2n) is 3.44. The van der Waals surface area contributed by atoms with E-state index in [0.717, 1.165) is 39.3 Å². The second-order valence-corrected chi connectivity index (χ2v) is 3.44. The van der Waals surface area contributed by atoms with Gasteiger partial charge in [-0.3, -0.25) is 0 Å². The van der Waals surface area contributed by atoms with Gasteiger partial charge < -0.3 is 9.80 Å². The Balaban J connectivity index is 3.61. The molecule has 14 heavy (non-hydrogen) atoms. The zero-order valence-corrected chi connectivity index (χ0v) is 10.3. The predicted molar refractivity (Wildman–Crippen MR) is 64.7 cm³/mol. The Morgan fingerprint density at radius 2 is 0.929 bits per heavy atom. The molecule has 0 heterocycles. The highest BCUT2D eigenvalue weighted by Crippen LogP contribution is 1.90. The summed E-state index contributed by atoms with van der Waals surface area (Å²) in [6.45, 7) is 15.6. The first-order valence-corrected chi connectivity index (χ1v) is 5.88. The summed E-state index contributed by atoms with van der Waals surface area (Å²) in [6, 6.07) is 0. The molecule has 0 aliphatic carbocycles. The Labute approximate surface area is 89.6 Å². The van der Waals surface area contributed by atoms with E-state index in [4.69, 9.17) is 0 Å². The molecule has 0 rings (SSSR count). The molecular formula is C12H26N2. The van der Waals surface area contributed by atoms with Crippen molar-refractivity contribution in [3.8, 4) is 0 Å². The summed E-state index contributed by atoms with van der Waals surface area (Å²) >= 11 is 0. The van der Waals surface area contributed by atoms with Crippen LogP contribution in [-0.4, -0.2) is 49.1 Å². The summed E-state index contributed by atoms with van der Waals surface area (Å²) in [7, 11) is 0. The molecule has 0 saturated carbocycles. The highest BCUT2D eigenvalue weighted by Gasteiger charge is 1.95. The molecule has 2 nitrogen and oxygen atoms in total. The van der Waals surface area contributed by atoms with Gasteiger partial charge in [0.05, 0.1) is 0 Å². The lowest BCUT2D eigenvalue weighted by Crippen LogP contribution is -2.24. The number of likely N-dealkylation sites (N-methyl/N-ethyl adjacent to an activating group) is 2. The first-order chi connectivity index (χ1) is 6.78. The molecule has 0 aromatic rings. The fourth-order valence-corrected chi connectivity index (χ4v) is 1.41. The molecule has 0 radical (unpaired) electrons. The normalized spacial score (nSPS) is 12.1. The van der Waals surface area contributed by atoms with Crippen molar-refractivity contribution in [1.82, 2.24) is 9.80 Å². The molecule has 0 saturated heterocycles. The summed E-state index contributed by atoms with van der Waals surface area (Å²) in [4.78, 5) is 4.83. The van der Waals surface area contributed by atoms with Gasteiger partial charge in [0, 0.05) is 13.1 Å². The van der Waals surface area contributed by atoms with E-state index in [-0.39, 0.29) is 0 Å². The number of hydrogen-bond donors (Lipinski definition) is 0. The van der Waals surface area contributed by atoms with Gasteiger partial charge in [-0.15, -0.1) is 0 Å². The molecule has 0 bridgehead atoms. The van der Waals surface area contributed by atoms with Gasteiger partial charge in [0.2, 0.25) is 0 Å². The van der Waals surface area contributed by atoms with Crippen LogP contribution in [0.25, 0.3) is 0 Å². The summed E-state index contributed by atoms with van der Waals surface area (Å²) < 4.78 is 0. The Morgan fingerprint density at radius 3 is 1.14 bits per heavy atom. The fourth-order valence-electron chi connectivity index (χ4n) is 1.41. The minimum atomic E-state index is 1.09. The maximum absolute atomic E-state index is 2.42. The van der Waals surface area contributed by atoms with Crippen LogP contribution in [0.2, 0.25) is 0 Å². The fraction of sp³-hybridized carbons (Fsp3) is 0.833. The number of nitrogens with zero attached hydrogens (tertiary/aromatic N) is 2. The maximum atomic E-state index is 2.42. The van der Waals surface area contributed by atoms with Gasteiger partial charge in [0.25, 0.3) is 0 Å². The minimum Gasteiger partial charge on any atom is -0.300 e. The standard InChI is InChI=1S/C12H26N2/c1-5-13(6-2)11-9-10-12-14(7-3)8-4/h9-10H,5-8,11-12H2,1-4H3/b10-9+.